The Labute approximate surface area is 593 Å². The number of thiol groups is 2. The van der Waals surface area contributed by atoms with Crippen LogP contribution in [0.3, 0.4) is 0 Å². The number of aliphatic carboxylic acids is 1. The zero-order valence-corrected chi connectivity index (χ0v) is 58.1. The van der Waals surface area contributed by atoms with E-state index in [9.17, 15) is 87.9 Å². The molecule has 101 heavy (non-hydrogen) atoms. The fraction of sp³-hybridized carbons (Fsp3) is 0.574. The molecule has 0 saturated heterocycles. The summed E-state index contributed by atoms with van der Waals surface area (Å²) < 4.78 is -1.35. The fourth-order valence-electron chi connectivity index (χ4n) is 9.61. The first-order valence-electron chi connectivity index (χ1n) is 32.2. The Bertz CT molecular complexity index is 3120. The fourth-order valence-corrected chi connectivity index (χ4v) is 10.0. The summed E-state index contributed by atoms with van der Waals surface area (Å²) in [4.78, 5) is 177. The smallest absolute Gasteiger partial charge is 0.326 e. The standard InChI is InChI=1S/C61H100N20O18S2/c1-30(83)46(57(96)77-42(59(98)99)26-32-11-15-34(85)16-12-32)80-53(92)40(19-23-65)75-56(95)44(29-100)79-50(89)36(7-4-5-20-62)71-51(90)38(17-21-63)74-55(94)43(28-82)78-52(91)39(18-22-64)73-49(88)37(8-6-24-70-60(68)69)72-54(93)41(27-45(67)86)76-58(97)47(61(2,3)101)81-48(87)35(66)25-31-9-13-33(84)14-10-31/h9-16,30,35-44,46-47,82-85,100-101H,4-8,17-29,62-66H2,1-3H3,(H2,67,86)(H,71,90)(H,72,93)(H,73,88)(H,74,94)(H,75,95)(H,76,97)(H,77,96)(H,78,91)(H,79,89)(H,80,92)(H,81,87)(H,98,99)(H4,68,69,70)/t30-,35+,36+,37+,38-,39+,40+,41+,42+,43+,44+,46+,47-/m1/s1. The van der Waals surface area contributed by atoms with Crippen LogP contribution in [0.1, 0.15) is 89.7 Å². The van der Waals surface area contributed by atoms with Crippen LogP contribution >= 0.6 is 25.3 Å². The molecule has 0 spiro atoms. The molecular weight excluding hydrogens is 1360 g/mol. The largest absolute Gasteiger partial charge is 0.508 e. The number of phenols is 2. The van der Waals surface area contributed by atoms with Gasteiger partial charge in [-0.25, -0.2) is 4.79 Å². The van der Waals surface area contributed by atoms with Gasteiger partial charge in [-0.15, -0.1) is 0 Å². The molecule has 564 valence electrons. The number of carboxylic acid groups (broad SMARTS) is 1. The van der Waals surface area contributed by atoms with Crippen molar-refractivity contribution in [3.63, 3.8) is 0 Å². The van der Waals surface area contributed by atoms with Gasteiger partial charge in [-0.2, -0.15) is 25.3 Å². The van der Waals surface area contributed by atoms with Gasteiger partial charge in [0.1, 0.15) is 78.0 Å². The number of guanidine groups is 1. The number of aromatic hydroxyl groups is 2. The molecule has 13 atom stereocenters. The number of hydrogen-bond acceptors (Lipinski definition) is 25. The Morgan fingerprint density at radius 2 is 0.861 bits per heavy atom. The van der Waals surface area contributed by atoms with Crippen molar-refractivity contribution in [2.45, 2.75) is 175 Å². The van der Waals surface area contributed by atoms with Gasteiger partial charge in [0.25, 0.3) is 0 Å². The third-order valence-corrected chi connectivity index (χ3v) is 15.8. The van der Waals surface area contributed by atoms with Crippen LogP contribution in [0.15, 0.2) is 48.5 Å². The molecule has 0 radical (unpaired) electrons. The predicted octanol–water partition coefficient (Wildman–Crippen LogP) is -9.05. The predicted molar refractivity (Wildman–Crippen MR) is 373 cm³/mol. The average Bonchev–Trinajstić information content (AvgIpc) is 0.851. The second-order valence-electron chi connectivity index (χ2n) is 24.1. The maximum Gasteiger partial charge on any atom is 0.326 e. The summed E-state index contributed by atoms with van der Waals surface area (Å²) >= 11 is 8.69. The van der Waals surface area contributed by atoms with E-state index >= 15 is 0 Å². The highest BCUT2D eigenvalue weighted by Crippen LogP contribution is 2.20. The molecule has 0 fully saturated rings. The number of aliphatic hydroxyl groups excluding tert-OH is 2. The molecule has 0 aliphatic rings. The van der Waals surface area contributed by atoms with Gasteiger partial charge in [0.2, 0.25) is 70.9 Å². The second-order valence-corrected chi connectivity index (χ2v) is 25.6. The topological polar surface area (TPSA) is 673 Å². The molecule has 2 aromatic rings. The lowest BCUT2D eigenvalue weighted by Crippen LogP contribution is -2.63. The number of nitrogens with two attached hydrogens (primary N) is 7. The number of benzene rings is 2. The highest BCUT2D eigenvalue weighted by Gasteiger charge is 2.40. The van der Waals surface area contributed by atoms with E-state index in [0.717, 1.165) is 6.92 Å². The number of phenolic OH excluding ortho intramolecular Hbond substituents is 2. The van der Waals surface area contributed by atoms with Crippen molar-refractivity contribution in [1.29, 1.82) is 5.41 Å². The number of rotatable bonds is 47. The highest BCUT2D eigenvalue weighted by atomic mass is 32.1. The summed E-state index contributed by atoms with van der Waals surface area (Å²) in [6.45, 7) is 2.29. The van der Waals surface area contributed by atoms with Crippen LogP contribution in [0.2, 0.25) is 0 Å². The van der Waals surface area contributed by atoms with Crippen LogP contribution in [-0.2, 0) is 75.2 Å². The third kappa shape index (κ3) is 31.9. The molecule has 0 unspecified atom stereocenters. The maximum atomic E-state index is 14.2. The minimum atomic E-state index is -1.87. The first kappa shape index (κ1) is 87.9. The van der Waals surface area contributed by atoms with Crippen molar-refractivity contribution < 1.29 is 87.9 Å². The SMILES string of the molecule is C[C@@H](O)[C@H](NC(=O)[C@H](CCN)NC(=O)[C@H](CS)NC(=O)[C@H](CCCCN)NC(=O)[C@@H](CCN)NC(=O)[C@H](CO)NC(=O)[C@H](CCN)NC(=O)[C@H](CCCNC(=N)N)NC(=O)[C@H](CC(N)=O)NC(=O)[C@@H](NC(=O)[C@@H](N)Cc1ccc(O)cc1)C(C)(C)S)C(=O)N[C@@H](Cc1ccc(O)cc1)C(=O)O. The molecule has 2 rings (SSSR count). The Kier molecular flexibility index (Phi) is 39.1. The summed E-state index contributed by atoms with van der Waals surface area (Å²) in [5.74, 6) is -15.1. The second kappa shape index (κ2) is 44.9. The summed E-state index contributed by atoms with van der Waals surface area (Å²) in [5.41, 5.74) is 41.2. The van der Waals surface area contributed by atoms with Crippen molar-refractivity contribution in [3.05, 3.63) is 59.7 Å². The number of carbonyl (C=O) groups is 13. The lowest BCUT2D eigenvalue weighted by molar-refractivity contribution is -0.143. The minimum Gasteiger partial charge on any atom is -0.508 e. The summed E-state index contributed by atoms with van der Waals surface area (Å²) in [7, 11) is 0. The van der Waals surface area contributed by atoms with Gasteiger partial charge in [-0.3, -0.25) is 62.9 Å². The molecule has 0 saturated carbocycles. The maximum absolute atomic E-state index is 14.2. The van der Waals surface area contributed by atoms with E-state index in [1.54, 1.807) is 0 Å². The zero-order valence-electron chi connectivity index (χ0n) is 56.3. The van der Waals surface area contributed by atoms with Gasteiger partial charge >= 0.3 is 5.97 Å². The number of carbonyl (C=O) groups excluding carboxylic acids is 12. The van der Waals surface area contributed by atoms with Crippen molar-refractivity contribution in [3.8, 4) is 11.5 Å². The van der Waals surface area contributed by atoms with E-state index in [2.05, 4.69) is 89.1 Å². The number of amides is 12. The Morgan fingerprint density at radius 3 is 1.26 bits per heavy atom. The lowest BCUT2D eigenvalue weighted by Gasteiger charge is -2.32. The number of aliphatic hydroxyl groups is 2. The number of unbranched alkanes of at least 4 members (excludes halogenated alkanes) is 1. The van der Waals surface area contributed by atoms with Gasteiger partial charge in [-0.1, -0.05) is 24.3 Å². The van der Waals surface area contributed by atoms with Crippen molar-refractivity contribution in [2.75, 3.05) is 45.1 Å². The minimum absolute atomic E-state index is 0.00535. The quantitative estimate of drug-likeness (QED) is 0.0127. The number of carboxylic acids is 1. The van der Waals surface area contributed by atoms with Crippen molar-refractivity contribution >= 4 is 108 Å². The summed E-state index contributed by atoms with van der Waals surface area (Å²) in [5, 5.41) is 86.5. The van der Waals surface area contributed by atoms with Crippen LogP contribution in [0.25, 0.3) is 0 Å². The van der Waals surface area contributed by atoms with Gasteiger partial charge in [0.15, 0.2) is 5.96 Å². The van der Waals surface area contributed by atoms with Crippen LogP contribution in [-0.4, -0.2) is 237 Å². The molecule has 32 N–H and O–H groups in total. The van der Waals surface area contributed by atoms with Crippen LogP contribution < -0.4 is 104 Å². The van der Waals surface area contributed by atoms with E-state index in [4.69, 9.17) is 45.5 Å². The number of primary amides is 1. The first-order chi connectivity index (χ1) is 47.5. The third-order valence-electron chi connectivity index (χ3n) is 15.2. The molecule has 2 aromatic carbocycles. The van der Waals surface area contributed by atoms with E-state index in [0.29, 0.717) is 17.5 Å². The van der Waals surface area contributed by atoms with Crippen LogP contribution in [0, 0.1) is 5.41 Å². The Morgan fingerprint density at radius 1 is 0.485 bits per heavy atom. The van der Waals surface area contributed by atoms with Crippen LogP contribution in [0.4, 0.5) is 0 Å². The molecule has 0 aliphatic carbocycles. The van der Waals surface area contributed by atoms with Gasteiger partial charge in [0, 0.05) is 23.5 Å². The van der Waals surface area contributed by atoms with E-state index < -0.39 is 185 Å². The molecule has 38 nitrogen and oxygen atoms in total. The number of hydrogen-bond donors (Lipinski definition) is 27. The van der Waals surface area contributed by atoms with E-state index in [1.165, 1.54) is 62.4 Å². The van der Waals surface area contributed by atoms with E-state index in [-0.39, 0.29) is 102 Å². The highest BCUT2D eigenvalue weighted by molar-refractivity contribution is 7.81. The van der Waals surface area contributed by atoms with Crippen LogP contribution in [0.5, 0.6) is 11.5 Å². The van der Waals surface area contributed by atoms with Crippen molar-refractivity contribution in [2.24, 2.45) is 40.1 Å². The lowest BCUT2D eigenvalue weighted by atomic mass is 9.99. The monoisotopic (exact) mass is 1460 g/mol. The molecule has 0 heterocycles. The Hall–Kier alpha value is -9.16. The first-order valence-corrected chi connectivity index (χ1v) is 33.3. The summed E-state index contributed by atoms with van der Waals surface area (Å²) in [6.07, 6.45) is -3.45. The molecule has 40 heteroatoms. The average molecular weight is 1470 g/mol. The van der Waals surface area contributed by atoms with Gasteiger partial charge in [0.05, 0.1) is 25.2 Å². The number of nitrogens with one attached hydrogen (secondary N) is 13. The molecular formula is C61H100N20O18S2. The molecule has 0 aliphatic heterocycles. The molecule has 12 amide bonds. The molecule has 0 aromatic heterocycles. The summed E-state index contributed by atoms with van der Waals surface area (Å²) in [6, 6.07) is -7.77. The molecule has 0 bridgehead atoms. The normalized spacial score (nSPS) is 15.1. The zero-order chi connectivity index (χ0) is 76.3. The Balaban J connectivity index is 2.33. The van der Waals surface area contributed by atoms with Crippen molar-refractivity contribution in [1.82, 2.24) is 63.8 Å². The van der Waals surface area contributed by atoms with Gasteiger partial charge in [-0.05, 0) is 140 Å². The van der Waals surface area contributed by atoms with E-state index in [1.807, 2.05) is 0 Å². The van der Waals surface area contributed by atoms with Gasteiger partial charge < -0.3 is 129 Å².